The third-order valence-corrected chi connectivity index (χ3v) is 2.60. The first-order chi connectivity index (χ1) is 8.58. The molecule has 0 bridgehead atoms. The maximum atomic E-state index is 11.2. The zero-order valence-corrected chi connectivity index (χ0v) is 11.3. The fraction of sp³-hybridized carbons (Fsp3) is 0.333. The van der Waals surface area contributed by atoms with Crippen LogP contribution in [0.2, 0.25) is 0 Å². The Morgan fingerprint density at radius 1 is 1.28 bits per heavy atom. The van der Waals surface area contributed by atoms with Gasteiger partial charge in [-0.15, -0.1) is 0 Å². The summed E-state index contributed by atoms with van der Waals surface area (Å²) in [7, 11) is 0. The van der Waals surface area contributed by atoms with Crippen LogP contribution in [0.15, 0.2) is 28.7 Å². The molecule has 0 aliphatic carbocycles. The third-order valence-electron chi connectivity index (χ3n) is 2.07. The van der Waals surface area contributed by atoms with E-state index in [-0.39, 0.29) is 18.9 Å². The highest BCUT2D eigenvalue weighted by Gasteiger charge is 2.03. The van der Waals surface area contributed by atoms with Gasteiger partial charge >= 0.3 is 5.97 Å². The molecule has 0 aromatic heterocycles. The minimum absolute atomic E-state index is 0.254. The Labute approximate surface area is 113 Å². The highest BCUT2D eigenvalue weighted by molar-refractivity contribution is 9.10. The Hall–Kier alpha value is -1.56. The highest BCUT2D eigenvalue weighted by atomic mass is 79.9. The van der Waals surface area contributed by atoms with Gasteiger partial charge in [0.1, 0.15) is 12.3 Å². The van der Waals surface area contributed by atoms with E-state index in [4.69, 9.17) is 9.84 Å². The lowest BCUT2D eigenvalue weighted by Gasteiger charge is -2.06. The van der Waals surface area contributed by atoms with Gasteiger partial charge in [0.05, 0.1) is 6.61 Å². The number of hydrogen-bond acceptors (Lipinski definition) is 3. The third kappa shape index (κ3) is 6.24. The van der Waals surface area contributed by atoms with E-state index in [1.54, 1.807) is 0 Å². The van der Waals surface area contributed by atoms with Crippen molar-refractivity contribution in [2.24, 2.45) is 0 Å². The molecule has 0 heterocycles. The van der Waals surface area contributed by atoms with Gasteiger partial charge in [-0.25, -0.2) is 0 Å². The summed E-state index contributed by atoms with van der Waals surface area (Å²) >= 11 is 3.32. The molecule has 0 spiro atoms. The number of carbonyl (C=O) groups excluding carboxylic acids is 1. The van der Waals surface area contributed by atoms with E-state index < -0.39 is 5.97 Å². The molecule has 2 N–H and O–H groups in total. The van der Waals surface area contributed by atoms with Crippen LogP contribution in [-0.2, 0) is 9.59 Å². The second-order valence-electron chi connectivity index (χ2n) is 3.58. The molecule has 1 aromatic carbocycles. The fourth-order valence-corrected chi connectivity index (χ4v) is 1.48. The monoisotopic (exact) mass is 315 g/mol. The molecule has 6 heteroatoms. The molecule has 0 aliphatic heterocycles. The smallest absolute Gasteiger partial charge is 0.322 e. The molecular weight excluding hydrogens is 302 g/mol. The number of aliphatic carboxylic acids is 1. The average Bonchev–Trinajstić information content (AvgIpc) is 2.34. The van der Waals surface area contributed by atoms with Crippen LogP contribution in [0.4, 0.5) is 0 Å². The second-order valence-corrected chi connectivity index (χ2v) is 4.49. The second kappa shape index (κ2) is 7.71. The van der Waals surface area contributed by atoms with E-state index in [1.165, 1.54) is 0 Å². The minimum Gasteiger partial charge on any atom is -0.494 e. The summed E-state index contributed by atoms with van der Waals surface area (Å²) in [5.74, 6) is -0.588. The van der Waals surface area contributed by atoms with Crippen LogP contribution in [0.3, 0.4) is 0 Å². The van der Waals surface area contributed by atoms with Gasteiger partial charge in [0.15, 0.2) is 0 Å². The number of benzene rings is 1. The molecule has 1 aromatic rings. The summed E-state index contributed by atoms with van der Waals surface area (Å²) in [6, 6.07) is 7.40. The molecule has 1 rings (SSSR count). The minimum atomic E-state index is -1.05. The van der Waals surface area contributed by atoms with Crippen molar-refractivity contribution in [1.82, 2.24) is 5.32 Å². The molecule has 0 radical (unpaired) electrons. The van der Waals surface area contributed by atoms with Crippen molar-refractivity contribution < 1.29 is 19.4 Å². The zero-order valence-electron chi connectivity index (χ0n) is 9.69. The van der Waals surface area contributed by atoms with Gasteiger partial charge in [-0.3, -0.25) is 9.59 Å². The summed E-state index contributed by atoms with van der Waals surface area (Å²) in [5.41, 5.74) is 0. The van der Waals surface area contributed by atoms with E-state index in [1.807, 2.05) is 24.3 Å². The highest BCUT2D eigenvalue weighted by Crippen LogP contribution is 2.16. The van der Waals surface area contributed by atoms with Crippen LogP contribution in [0.1, 0.15) is 12.8 Å². The number of rotatable bonds is 7. The summed E-state index contributed by atoms with van der Waals surface area (Å²) in [5, 5.41) is 10.6. The first kappa shape index (κ1) is 14.5. The predicted molar refractivity (Wildman–Crippen MR) is 69.5 cm³/mol. The number of nitrogens with one attached hydrogen (secondary N) is 1. The number of carbonyl (C=O) groups is 2. The lowest BCUT2D eigenvalue weighted by Crippen LogP contribution is -2.29. The molecule has 5 nitrogen and oxygen atoms in total. The maximum absolute atomic E-state index is 11.2. The summed E-state index contributed by atoms with van der Waals surface area (Å²) < 4.78 is 6.39. The van der Waals surface area contributed by atoms with E-state index >= 15 is 0 Å². The van der Waals surface area contributed by atoms with Gasteiger partial charge in [-0.1, -0.05) is 15.9 Å². The average molecular weight is 316 g/mol. The predicted octanol–water partition coefficient (Wildman–Crippen LogP) is 1.81. The molecule has 1 amide bonds. The topological polar surface area (TPSA) is 75.6 Å². The van der Waals surface area contributed by atoms with Crippen LogP contribution in [0.5, 0.6) is 5.75 Å². The standard InChI is InChI=1S/C12H14BrNO4/c13-9-3-5-10(6-4-9)18-7-1-2-11(15)14-8-12(16)17/h3-6H,1-2,7-8H2,(H,14,15)(H,16,17). The Balaban J connectivity index is 2.13. The van der Waals surface area contributed by atoms with Gasteiger partial charge in [0.25, 0.3) is 0 Å². The van der Waals surface area contributed by atoms with Gasteiger partial charge < -0.3 is 15.2 Å². The molecular formula is C12H14BrNO4. The van der Waals surface area contributed by atoms with Crippen molar-refractivity contribution in [1.29, 1.82) is 0 Å². The maximum Gasteiger partial charge on any atom is 0.322 e. The molecule has 0 fully saturated rings. The largest absolute Gasteiger partial charge is 0.494 e. The van der Waals surface area contributed by atoms with Crippen molar-refractivity contribution in [2.75, 3.05) is 13.2 Å². The molecule has 0 saturated heterocycles. The van der Waals surface area contributed by atoms with Crippen molar-refractivity contribution in [3.05, 3.63) is 28.7 Å². The molecule has 98 valence electrons. The zero-order chi connectivity index (χ0) is 13.4. The molecule has 0 unspecified atom stereocenters. The summed E-state index contributed by atoms with van der Waals surface area (Å²) in [4.78, 5) is 21.4. The molecule has 0 saturated carbocycles. The first-order valence-electron chi connectivity index (χ1n) is 5.45. The fourth-order valence-electron chi connectivity index (χ4n) is 1.22. The lowest BCUT2D eigenvalue weighted by atomic mass is 10.3. The van der Waals surface area contributed by atoms with E-state index in [9.17, 15) is 9.59 Å². The SMILES string of the molecule is O=C(O)CNC(=O)CCCOc1ccc(Br)cc1. The van der Waals surface area contributed by atoms with Crippen molar-refractivity contribution in [3.63, 3.8) is 0 Å². The van der Waals surface area contributed by atoms with Crippen molar-refractivity contribution >= 4 is 27.8 Å². The van der Waals surface area contributed by atoms with E-state index in [0.29, 0.717) is 13.0 Å². The first-order valence-corrected chi connectivity index (χ1v) is 6.24. The van der Waals surface area contributed by atoms with E-state index in [2.05, 4.69) is 21.2 Å². The van der Waals surface area contributed by atoms with Crippen LogP contribution in [-0.4, -0.2) is 30.1 Å². The van der Waals surface area contributed by atoms with Crippen LogP contribution >= 0.6 is 15.9 Å². The number of hydrogen-bond donors (Lipinski definition) is 2. The summed E-state index contributed by atoms with van der Waals surface area (Å²) in [6.45, 7) is 0.0779. The van der Waals surface area contributed by atoms with Gasteiger partial charge in [-0.2, -0.15) is 0 Å². The number of amides is 1. The quantitative estimate of drug-likeness (QED) is 0.752. The van der Waals surface area contributed by atoms with Crippen LogP contribution < -0.4 is 10.1 Å². The van der Waals surface area contributed by atoms with Gasteiger partial charge in [0, 0.05) is 10.9 Å². The van der Waals surface area contributed by atoms with Gasteiger partial charge in [-0.05, 0) is 30.7 Å². The Morgan fingerprint density at radius 3 is 2.56 bits per heavy atom. The Bertz CT molecular complexity index is 405. The molecule has 18 heavy (non-hydrogen) atoms. The van der Waals surface area contributed by atoms with Crippen LogP contribution in [0.25, 0.3) is 0 Å². The van der Waals surface area contributed by atoms with Crippen molar-refractivity contribution in [2.45, 2.75) is 12.8 Å². The Morgan fingerprint density at radius 2 is 1.94 bits per heavy atom. The number of carboxylic acid groups (broad SMARTS) is 1. The normalized spacial score (nSPS) is 9.83. The number of halogens is 1. The van der Waals surface area contributed by atoms with Gasteiger partial charge in [0.2, 0.25) is 5.91 Å². The summed E-state index contributed by atoms with van der Waals surface area (Å²) in [6.07, 6.45) is 0.797. The number of ether oxygens (including phenoxy) is 1. The Kier molecular flexibility index (Phi) is 6.21. The molecule has 0 aliphatic rings. The van der Waals surface area contributed by atoms with Crippen LogP contribution in [0, 0.1) is 0 Å². The number of carboxylic acids is 1. The lowest BCUT2D eigenvalue weighted by molar-refractivity contribution is -0.137. The van der Waals surface area contributed by atoms with E-state index in [0.717, 1.165) is 10.2 Å². The van der Waals surface area contributed by atoms with Crippen molar-refractivity contribution in [3.8, 4) is 5.75 Å². The molecule has 0 atom stereocenters.